The second kappa shape index (κ2) is 3.99. The van der Waals surface area contributed by atoms with E-state index in [4.69, 9.17) is 5.73 Å². The van der Waals surface area contributed by atoms with Gasteiger partial charge in [-0.05, 0) is 31.6 Å². The molecule has 1 aliphatic rings. The smallest absolute Gasteiger partial charge is 0.0943 e. The van der Waals surface area contributed by atoms with Crippen molar-refractivity contribution in [3.8, 4) is 0 Å². The van der Waals surface area contributed by atoms with Crippen molar-refractivity contribution in [1.82, 2.24) is 4.98 Å². The van der Waals surface area contributed by atoms with E-state index >= 15 is 0 Å². The van der Waals surface area contributed by atoms with E-state index in [0.29, 0.717) is 0 Å². The maximum Gasteiger partial charge on any atom is 0.0943 e. The minimum atomic E-state index is 0.0321. The zero-order valence-corrected chi connectivity index (χ0v) is 9.52. The van der Waals surface area contributed by atoms with Gasteiger partial charge in [0.05, 0.1) is 5.01 Å². The summed E-state index contributed by atoms with van der Waals surface area (Å²) in [5, 5.41) is 3.23. The van der Waals surface area contributed by atoms with Crippen LogP contribution in [0.5, 0.6) is 0 Å². The first-order valence-corrected chi connectivity index (χ1v) is 6.23. The topological polar surface area (TPSA) is 38.9 Å². The third kappa shape index (κ3) is 2.34. The van der Waals surface area contributed by atoms with E-state index in [-0.39, 0.29) is 5.54 Å². The lowest BCUT2D eigenvalue weighted by molar-refractivity contribution is 0.243. The van der Waals surface area contributed by atoms with Gasteiger partial charge in [0.2, 0.25) is 0 Å². The van der Waals surface area contributed by atoms with Crippen LogP contribution >= 0.6 is 11.3 Å². The van der Waals surface area contributed by atoms with Crippen molar-refractivity contribution < 1.29 is 0 Å². The second-order valence-electron chi connectivity index (χ2n) is 4.65. The molecule has 1 fully saturated rings. The predicted molar refractivity (Wildman–Crippen MR) is 60.4 cm³/mol. The molecule has 0 radical (unpaired) electrons. The van der Waals surface area contributed by atoms with Crippen molar-refractivity contribution in [1.29, 1.82) is 0 Å². The largest absolute Gasteiger partial charge is 0.325 e. The van der Waals surface area contributed by atoms with Gasteiger partial charge >= 0.3 is 0 Å². The van der Waals surface area contributed by atoms with Gasteiger partial charge in [-0.3, -0.25) is 0 Å². The monoisotopic (exact) mass is 210 g/mol. The van der Waals surface area contributed by atoms with Crippen molar-refractivity contribution in [3.63, 3.8) is 0 Å². The van der Waals surface area contributed by atoms with Crippen LogP contribution in [-0.4, -0.2) is 10.5 Å². The minimum Gasteiger partial charge on any atom is -0.325 e. The zero-order valence-electron chi connectivity index (χ0n) is 8.70. The molecule has 0 atom stereocenters. The summed E-state index contributed by atoms with van der Waals surface area (Å²) in [6.45, 7) is 2.32. The van der Waals surface area contributed by atoms with Crippen molar-refractivity contribution in [2.45, 2.75) is 44.6 Å². The standard InChI is InChI=1S/C11H18N2S/c1-9-2-4-11(12,5-3-9)8-10-13-6-7-14-10/h6-7,9H,2-5,8,12H2,1H3. The highest BCUT2D eigenvalue weighted by molar-refractivity contribution is 7.09. The Bertz CT molecular complexity index is 273. The van der Waals surface area contributed by atoms with Crippen LogP contribution in [0.1, 0.15) is 37.6 Å². The molecule has 14 heavy (non-hydrogen) atoms. The molecule has 78 valence electrons. The SMILES string of the molecule is CC1CCC(N)(Cc2nccs2)CC1. The molecule has 2 N–H and O–H groups in total. The number of hydrogen-bond donors (Lipinski definition) is 1. The normalized spacial score (nSPS) is 33.1. The van der Waals surface area contributed by atoms with E-state index in [9.17, 15) is 0 Å². The molecule has 0 unspecified atom stereocenters. The maximum absolute atomic E-state index is 6.38. The maximum atomic E-state index is 6.38. The molecule has 0 aromatic carbocycles. The number of thiazole rings is 1. The summed E-state index contributed by atoms with van der Waals surface area (Å²) >= 11 is 1.72. The Labute approximate surface area is 89.5 Å². The van der Waals surface area contributed by atoms with Crippen LogP contribution in [0.4, 0.5) is 0 Å². The number of hydrogen-bond acceptors (Lipinski definition) is 3. The molecule has 2 nitrogen and oxygen atoms in total. The van der Waals surface area contributed by atoms with E-state index in [1.165, 1.54) is 17.8 Å². The van der Waals surface area contributed by atoms with Crippen molar-refractivity contribution in [3.05, 3.63) is 16.6 Å². The summed E-state index contributed by atoms with van der Waals surface area (Å²) in [5.74, 6) is 0.864. The van der Waals surface area contributed by atoms with E-state index in [1.54, 1.807) is 11.3 Å². The fraction of sp³-hybridized carbons (Fsp3) is 0.727. The molecule has 1 saturated carbocycles. The van der Waals surface area contributed by atoms with Gasteiger partial charge in [-0.2, -0.15) is 0 Å². The molecule has 1 heterocycles. The van der Waals surface area contributed by atoms with Crippen LogP contribution in [0.3, 0.4) is 0 Å². The van der Waals surface area contributed by atoms with E-state index < -0.39 is 0 Å². The lowest BCUT2D eigenvalue weighted by Crippen LogP contribution is -2.45. The molecule has 0 amide bonds. The van der Waals surface area contributed by atoms with Gasteiger partial charge in [-0.25, -0.2) is 4.98 Å². The highest BCUT2D eigenvalue weighted by atomic mass is 32.1. The Hall–Kier alpha value is -0.410. The van der Waals surface area contributed by atoms with Crippen LogP contribution in [0.2, 0.25) is 0 Å². The Morgan fingerprint density at radius 2 is 2.29 bits per heavy atom. The van der Waals surface area contributed by atoms with Crippen molar-refractivity contribution >= 4 is 11.3 Å². The van der Waals surface area contributed by atoms with Crippen LogP contribution < -0.4 is 5.73 Å². The van der Waals surface area contributed by atoms with Gasteiger partial charge in [0.25, 0.3) is 0 Å². The molecule has 1 aliphatic carbocycles. The number of rotatable bonds is 2. The van der Waals surface area contributed by atoms with Crippen LogP contribution in [0, 0.1) is 5.92 Å². The Morgan fingerprint density at radius 3 is 2.86 bits per heavy atom. The average molecular weight is 210 g/mol. The lowest BCUT2D eigenvalue weighted by atomic mass is 9.76. The summed E-state index contributed by atoms with van der Waals surface area (Å²) in [5.41, 5.74) is 6.41. The molecule has 2 rings (SSSR count). The van der Waals surface area contributed by atoms with Gasteiger partial charge < -0.3 is 5.73 Å². The third-order valence-corrected chi connectivity index (χ3v) is 4.04. The van der Waals surface area contributed by atoms with Gasteiger partial charge in [0, 0.05) is 23.5 Å². The van der Waals surface area contributed by atoms with Gasteiger partial charge in [-0.15, -0.1) is 11.3 Å². The minimum absolute atomic E-state index is 0.0321. The predicted octanol–water partition coefficient (Wildman–Crippen LogP) is 2.59. The molecule has 1 aromatic heterocycles. The average Bonchev–Trinajstić information content (AvgIpc) is 2.63. The number of nitrogens with two attached hydrogens (primary N) is 1. The first-order chi connectivity index (χ1) is 6.68. The van der Waals surface area contributed by atoms with Crippen LogP contribution in [0.25, 0.3) is 0 Å². The number of nitrogens with zero attached hydrogens (tertiary/aromatic N) is 1. The van der Waals surface area contributed by atoms with Crippen LogP contribution in [-0.2, 0) is 6.42 Å². The summed E-state index contributed by atoms with van der Waals surface area (Å²) in [6, 6.07) is 0. The highest BCUT2D eigenvalue weighted by Gasteiger charge is 2.30. The summed E-state index contributed by atoms with van der Waals surface area (Å²) in [6.07, 6.45) is 7.72. The highest BCUT2D eigenvalue weighted by Crippen LogP contribution is 2.32. The fourth-order valence-corrected chi connectivity index (χ4v) is 2.93. The Balaban J connectivity index is 1.96. The van der Waals surface area contributed by atoms with E-state index in [0.717, 1.165) is 25.2 Å². The van der Waals surface area contributed by atoms with Gasteiger partial charge in [-0.1, -0.05) is 6.92 Å². The van der Waals surface area contributed by atoms with Gasteiger partial charge in [0.1, 0.15) is 0 Å². The van der Waals surface area contributed by atoms with E-state index in [1.807, 2.05) is 11.6 Å². The third-order valence-electron chi connectivity index (χ3n) is 3.26. The first-order valence-electron chi connectivity index (χ1n) is 5.35. The van der Waals surface area contributed by atoms with E-state index in [2.05, 4.69) is 11.9 Å². The Kier molecular flexibility index (Phi) is 2.88. The van der Waals surface area contributed by atoms with Gasteiger partial charge in [0.15, 0.2) is 0 Å². The molecular formula is C11H18N2S. The quantitative estimate of drug-likeness (QED) is 0.815. The Morgan fingerprint density at radius 1 is 1.57 bits per heavy atom. The molecule has 1 aromatic rings. The zero-order chi connectivity index (χ0) is 10.0. The molecule has 0 bridgehead atoms. The summed E-state index contributed by atoms with van der Waals surface area (Å²) < 4.78 is 0. The summed E-state index contributed by atoms with van der Waals surface area (Å²) in [7, 11) is 0. The molecule has 0 aliphatic heterocycles. The molecule has 0 spiro atoms. The first kappa shape index (κ1) is 10.1. The van der Waals surface area contributed by atoms with Crippen molar-refractivity contribution in [2.75, 3.05) is 0 Å². The lowest BCUT2D eigenvalue weighted by Gasteiger charge is -2.35. The second-order valence-corrected chi connectivity index (χ2v) is 5.63. The molecular weight excluding hydrogens is 192 g/mol. The molecule has 3 heteroatoms. The number of aromatic nitrogens is 1. The molecule has 0 saturated heterocycles. The van der Waals surface area contributed by atoms with Crippen molar-refractivity contribution in [2.24, 2.45) is 11.7 Å². The fourth-order valence-electron chi connectivity index (χ4n) is 2.16. The van der Waals surface area contributed by atoms with Crippen LogP contribution in [0.15, 0.2) is 11.6 Å². The summed E-state index contributed by atoms with van der Waals surface area (Å²) in [4.78, 5) is 4.31.